The van der Waals surface area contributed by atoms with Crippen molar-refractivity contribution in [3.8, 4) is 0 Å². The fourth-order valence-corrected chi connectivity index (χ4v) is 2.31. The maximum Gasteiger partial charge on any atom is 0.164 e. The van der Waals surface area contributed by atoms with Gasteiger partial charge in [-0.15, -0.1) is 0 Å². The van der Waals surface area contributed by atoms with Crippen molar-refractivity contribution >= 4 is 15.9 Å². The van der Waals surface area contributed by atoms with E-state index in [9.17, 15) is 4.39 Å². The average Bonchev–Trinajstić information content (AvgIpc) is 3.10. The van der Waals surface area contributed by atoms with Crippen LogP contribution in [0.15, 0.2) is 29.0 Å². The van der Waals surface area contributed by atoms with Crippen LogP contribution in [-0.4, -0.2) is 20.8 Å². The maximum atomic E-state index is 13.0. The van der Waals surface area contributed by atoms with E-state index in [4.69, 9.17) is 0 Å². The minimum Gasteiger partial charge on any atom is -0.307 e. The summed E-state index contributed by atoms with van der Waals surface area (Å²) >= 11 is 3.36. The zero-order valence-corrected chi connectivity index (χ0v) is 11.9. The molecule has 3 rings (SSSR count). The second kappa shape index (κ2) is 5.38. The molecule has 1 heterocycles. The van der Waals surface area contributed by atoms with E-state index in [1.54, 1.807) is 17.1 Å². The van der Waals surface area contributed by atoms with E-state index in [0.29, 0.717) is 19.1 Å². The molecule has 0 aliphatic heterocycles. The van der Waals surface area contributed by atoms with Crippen LogP contribution in [0.2, 0.25) is 0 Å². The third kappa shape index (κ3) is 3.39. The topological polar surface area (TPSA) is 42.7 Å². The molecule has 0 atom stereocenters. The summed E-state index contributed by atoms with van der Waals surface area (Å²) in [5.74, 6) is 0.550. The molecule has 0 radical (unpaired) electrons. The first kappa shape index (κ1) is 12.7. The van der Waals surface area contributed by atoms with Crippen LogP contribution in [0.25, 0.3) is 0 Å². The smallest absolute Gasteiger partial charge is 0.164 e. The number of aromatic nitrogens is 3. The molecule has 1 aliphatic carbocycles. The van der Waals surface area contributed by atoms with E-state index in [1.165, 1.54) is 25.0 Å². The van der Waals surface area contributed by atoms with Gasteiger partial charge in [-0.25, -0.2) is 14.1 Å². The Bertz CT molecular complexity index is 580. The van der Waals surface area contributed by atoms with Crippen LogP contribution in [0.1, 0.15) is 24.2 Å². The zero-order chi connectivity index (χ0) is 13.2. The molecule has 1 saturated carbocycles. The molecule has 0 unspecified atom stereocenters. The van der Waals surface area contributed by atoms with Crippen LogP contribution in [0.3, 0.4) is 0 Å². The Labute approximate surface area is 119 Å². The maximum absolute atomic E-state index is 13.0. The second-order valence-electron chi connectivity index (χ2n) is 4.75. The highest BCUT2D eigenvalue weighted by Gasteiger charge is 2.20. The summed E-state index contributed by atoms with van der Waals surface area (Å²) in [6.45, 7) is 1.29. The van der Waals surface area contributed by atoms with Crippen LogP contribution in [0, 0.1) is 5.82 Å². The highest BCUT2D eigenvalue weighted by Crippen LogP contribution is 2.20. The van der Waals surface area contributed by atoms with E-state index in [0.717, 1.165) is 15.9 Å². The molecule has 2 aromatic rings. The van der Waals surface area contributed by atoms with Crippen molar-refractivity contribution in [1.29, 1.82) is 0 Å². The Morgan fingerprint density at radius 3 is 3.00 bits per heavy atom. The molecule has 0 spiro atoms. The van der Waals surface area contributed by atoms with Crippen LogP contribution in [0.4, 0.5) is 4.39 Å². The van der Waals surface area contributed by atoms with Crippen molar-refractivity contribution in [3.63, 3.8) is 0 Å². The fraction of sp³-hybridized carbons (Fsp3) is 0.385. The van der Waals surface area contributed by atoms with E-state index in [-0.39, 0.29) is 5.82 Å². The lowest BCUT2D eigenvalue weighted by Crippen LogP contribution is -2.16. The van der Waals surface area contributed by atoms with Crippen molar-refractivity contribution in [1.82, 2.24) is 20.1 Å². The summed E-state index contributed by atoms with van der Waals surface area (Å²) in [6, 6.07) is 5.32. The van der Waals surface area contributed by atoms with Gasteiger partial charge in [-0.2, -0.15) is 5.10 Å². The van der Waals surface area contributed by atoms with Gasteiger partial charge in [0.25, 0.3) is 0 Å². The number of nitrogens with zero attached hydrogens (tertiary/aromatic N) is 3. The van der Waals surface area contributed by atoms with E-state index in [2.05, 4.69) is 31.3 Å². The lowest BCUT2D eigenvalue weighted by atomic mass is 10.2. The summed E-state index contributed by atoms with van der Waals surface area (Å²) in [5, 5.41) is 7.77. The van der Waals surface area contributed by atoms with Gasteiger partial charge in [0.05, 0.1) is 13.1 Å². The summed E-state index contributed by atoms with van der Waals surface area (Å²) in [5.41, 5.74) is 0.980. The van der Waals surface area contributed by atoms with Crippen molar-refractivity contribution in [2.45, 2.75) is 32.0 Å². The summed E-state index contributed by atoms with van der Waals surface area (Å²) in [7, 11) is 0. The first-order chi connectivity index (χ1) is 9.20. The third-order valence-electron chi connectivity index (χ3n) is 3.06. The van der Waals surface area contributed by atoms with Crippen LogP contribution < -0.4 is 5.32 Å². The Kier molecular flexibility index (Phi) is 3.61. The fourth-order valence-electron chi connectivity index (χ4n) is 1.84. The van der Waals surface area contributed by atoms with Gasteiger partial charge >= 0.3 is 0 Å². The first-order valence-electron chi connectivity index (χ1n) is 6.26. The van der Waals surface area contributed by atoms with Gasteiger partial charge in [-0.3, -0.25) is 0 Å². The largest absolute Gasteiger partial charge is 0.307 e. The van der Waals surface area contributed by atoms with Crippen LogP contribution >= 0.6 is 15.9 Å². The zero-order valence-electron chi connectivity index (χ0n) is 10.3. The standard InChI is InChI=1S/C13H14BrFN4/c14-12-5-10(15)2-1-9(12)7-19-8-17-13(18-19)6-16-11-3-4-11/h1-2,5,8,11,16H,3-4,6-7H2. The predicted molar refractivity (Wildman–Crippen MR) is 73.1 cm³/mol. The van der Waals surface area contributed by atoms with E-state index >= 15 is 0 Å². The molecule has 19 heavy (non-hydrogen) atoms. The lowest BCUT2D eigenvalue weighted by Gasteiger charge is -2.04. The molecule has 1 aromatic carbocycles. The van der Waals surface area contributed by atoms with Gasteiger partial charge in [-0.05, 0) is 30.5 Å². The number of nitrogens with one attached hydrogen (secondary N) is 1. The summed E-state index contributed by atoms with van der Waals surface area (Å²) in [4.78, 5) is 4.26. The predicted octanol–water partition coefficient (Wildman–Crippen LogP) is 2.48. The van der Waals surface area contributed by atoms with Gasteiger partial charge < -0.3 is 5.32 Å². The molecular weight excluding hydrogens is 311 g/mol. The summed E-state index contributed by atoms with van der Waals surface area (Å²) < 4.78 is 15.5. The van der Waals surface area contributed by atoms with Crippen molar-refractivity contribution in [3.05, 3.63) is 46.2 Å². The minimum atomic E-state index is -0.247. The molecule has 0 amide bonds. The van der Waals surface area contributed by atoms with Gasteiger partial charge in [0.2, 0.25) is 0 Å². The highest BCUT2D eigenvalue weighted by atomic mass is 79.9. The summed E-state index contributed by atoms with van der Waals surface area (Å²) in [6.07, 6.45) is 4.21. The van der Waals surface area contributed by atoms with Gasteiger partial charge in [-0.1, -0.05) is 22.0 Å². The van der Waals surface area contributed by atoms with Crippen LogP contribution in [-0.2, 0) is 13.1 Å². The van der Waals surface area contributed by atoms with Crippen molar-refractivity contribution < 1.29 is 4.39 Å². The molecular formula is C13H14BrFN4. The highest BCUT2D eigenvalue weighted by molar-refractivity contribution is 9.10. The Balaban J connectivity index is 1.65. The second-order valence-corrected chi connectivity index (χ2v) is 5.60. The van der Waals surface area contributed by atoms with Gasteiger partial charge in [0.15, 0.2) is 5.82 Å². The van der Waals surface area contributed by atoms with Gasteiger partial charge in [0, 0.05) is 10.5 Å². The van der Waals surface area contributed by atoms with E-state index in [1.807, 2.05) is 0 Å². The Hall–Kier alpha value is -1.27. The van der Waals surface area contributed by atoms with Crippen LogP contribution in [0.5, 0.6) is 0 Å². The van der Waals surface area contributed by atoms with Gasteiger partial charge in [0.1, 0.15) is 12.1 Å². The molecule has 0 bridgehead atoms. The molecule has 4 nitrogen and oxygen atoms in total. The number of hydrogen-bond acceptors (Lipinski definition) is 3. The molecule has 0 saturated heterocycles. The Morgan fingerprint density at radius 1 is 1.42 bits per heavy atom. The molecule has 1 N–H and O–H groups in total. The monoisotopic (exact) mass is 324 g/mol. The third-order valence-corrected chi connectivity index (χ3v) is 3.80. The number of benzene rings is 1. The average molecular weight is 325 g/mol. The molecule has 1 aliphatic rings. The van der Waals surface area contributed by atoms with Crippen molar-refractivity contribution in [2.24, 2.45) is 0 Å². The normalized spacial score (nSPS) is 14.8. The van der Waals surface area contributed by atoms with Crippen molar-refractivity contribution in [2.75, 3.05) is 0 Å². The number of hydrogen-bond donors (Lipinski definition) is 1. The SMILES string of the molecule is Fc1ccc(Cn2cnc(CNC3CC3)n2)c(Br)c1. The molecule has 1 fully saturated rings. The number of halogens is 2. The molecule has 6 heteroatoms. The minimum absolute atomic E-state index is 0.247. The first-order valence-corrected chi connectivity index (χ1v) is 7.05. The Morgan fingerprint density at radius 2 is 2.26 bits per heavy atom. The molecule has 100 valence electrons. The quantitative estimate of drug-likeness (QED) is 0.918. The number of rotatable bonds is 5. The molecule has 1 aromatic heterocycles. The van der Waals surface area contributed by atoms with E-state index < -0.39 is 0 Å². The lowest BCUT2D eigenvalue weighted by molar-refractivity contribution is 0.617.